The maximum Gasteiger partial charge on any atom is 0.187 e. The van der Waals surface area contributed by atoms with Crippen LogP contribution in [0.4, 0.5) is 39.8 Å². The van der Waals surface area contributed by atoms with Gasteiger partial charge in [-0.3, -0.25) is 0 Å². The molecule has 0 spiro atoms. The van der Waals surface area contributed by atoms with E-state index in [9.17, 15) is 15.8 Å². The first-order chi connectivity index (χ1) is 30.5. The number of furan rings is 2. The van der Waals surface area contributed by atoms with Crippen LogP contribution < -0.4 is 9.80 Å². The van der Waals surface area contributed by atoms with Gasteiger partial charge >= 0.3 is 0 Å². The number of rotatable bonds is 6. The zero-order valence-corrected chi connectivity index (χ0v) is 32.7. The van der Waals surface area contributed by atoms with E-state index in [1.165, 1.54) is 0 Å². The lowest BCUT2D eigenvalue weighted by Crippen LogP contribution is -2.09. The lowest BCUT2D eigenvalue weighted by Gasteiger charge is -2.26. The predicted octanol–water partition coefficient (Wildman–Crippen LogP) is 14.9. The van der Waals surface area contributed by atoms with Crippen molar-refractivity contribution in [1.29, 1.82) is 15.8 Å². The topological polar surface area (TPSA) is 108 Å². The minimum absolute atomic E-state index is 0.560. The Morgan fingerprint density at radius 3 is 1.29 bits per heavy atom. The number of fused-ring (bicyclic) bond motifs is 9. The number of hydrogen-bond donors (Lipinski definition) is 0. The van der Waals surface area contributed by atoms with Crippen LogP contribution in [0.3, 0.4) is 0 Å². The first-order valence-corrected chi connectivity index (χ1v) is 19.8. The third-order valence-electron chi connectivity index (χ3n) is 11.5. The van der Waals surface area contributed by atoms with E-state index in [4.69, 9.17) is 15.4 Å². The third kappa shape index (κ3) is 5.89. The maximum atomic E-state index is 9.45. The van der Waals surface area contributed by atoms with Crippen molar-refractivity contribution in [2.45, 2.75) is 0 Å². The fourth-order valence-electron chi connectivity index (χ4n) is 8.46. The summed E-state index contributed by atoms with van der Waals surface area (Å²) in [6, 6.07) is 61.7. The Kier molecular flexibility index (Phi) is 8.19. The van der Waals surface area contributed by atoms with Gasteiger partial charge in [0.25, 0.3) is 0 Å². The van der Waals surface area contributed by atoms with Gasteiger partial charge in [-0.05, 0) is 167 Å². The Hall–Kier alpha value is -9.34. The molecule has 8 heteroatoms. The molecule has 0 saturated heterocycles. The Morgan fingerprint density at radius 1 is 0.387 bits per heavy atom. The highest BCUT2D eigenvalue weighted by Gasteiger charge is 2.20. The zero-order chi connectivity index (χ0) is 41.9. The molecule has 286 valence electrons. The molecule has 62 heavy (non-hydrogen) atoms. The molecule has 9 aromatic carbocycles. The van der Waals surface area contributed by atoms with Crippen molar-refractivity contribution in [1.82, 2.24) is 0 Å². The summed E-state index contributed by atoms with van der Waals surface area (Å²) in [5.41, 5.74) is 10.6. The second-order valence-corrected chi connectivity index (χ2v) is 15.1. The van der Waals surface area contributed by atoms with Crippen molar-refractivity contribution in [2.24, 2.45) is 0 Å². The molecule has 0 radical (unpaired) electrons. The van der Waals surface area contributed by atoms with E-state index in [0.717, 1.165) is 99.5 Å². The van der Waals surface area contributed by atoms with Crippen LogP contribution in [0, 0.1) is 40.6 Å². The number of benzene rings is 9. The van der Waals surface area contributed by atoms with Gasteiger partial charge in [0.1, 0.15) is 22.3 Å². The van der Waals surface area contributed by atoms with Crippen LogP contribution in [0.15, 0.2) is 179 Å². The molecule has 11 rings (SSSR count). The van der Waals surface area contributed by atoms with Gasteiger partial charge in [0.15, 0.2) is 5.69 Å². The Labute approximate surface area is 354 Å². The molecule has 0 saturated carbocycles. The second-order valence-electron chi connectivity index (χ2n) is 15.1. The quantitative estimate of drug-likeness (QED) is 0.154. The van der Waals surface area contributed by atoms with Gasteiger partial charge in [0, 0.05) is 50.3 Å². The summed E-state index contributed by atoms with van der Waals surface area (Å²) < 4.78 is 13.3. The average molecular weight is 793 g/mol. The molecule has 0 aliphatic heterocycles. The second kappa shape index (κ2) is 14.2. The molecule has 2 heterocycles. The third-order valence-corrected chi connectivity index (χ3v) is 11.5. The van der Waals surface area contributed by atoms with E-state index in [0.29, 0.717) is 22.4 Å². The first kappa shape index (κ1) is 35.8. The van der Waals surface area contributed by atoms with Crippen LogP contribution in [0.1, 0.15) is 16.7 Å². The van der Waals surface area contributed by atoms with Crippen molar-refractivity contribution in [2.75, 3.05) is 9.80 Å². The maximum absolute atomic E-state index is 9.45. The highest BCUT2D eigenvalue weighted by molar-refractivity contribution is 6.24. The highest BCUT2D eigenvalue weighted by Crippen LogP contribution is 2.44. The molecule has 0 fully saturated rings. The van der Waals surface area contributed by atoms with E-state index >= 15 is 0 Å². The van der Waals surface area contributed by atoms with Crippen molar-refractivity contribution >= 4 is 105 Å². The van der Waals surface area contributed by atoms with Crippen molar-refractivity contribution in [3.63, 3.8) is 0 Å². The van der Waals surface area contributed by atoms with Crippen LogP contribution in [-0.4, -0.2) is 0 Å². The summed E-state index contributed by atoms with van der Waals surface area (Å²) in [6.45, 7) is 7.44. The van der Waals surface area contributed by atoms with Crippen LogP contribution in [0.25, 0.3) is 70.3 Å². The van der Waals surface area contributed by atoms with Crippen molar-refractivity contribution < 1.29 is 8.83 Å². The van der Waals surface area contributed by atoms with Gasteiger partial charge in [0.05, 0.1) is 46.9 Å². The molecular formula is C54H28N6O2. The molecule has 8 nitrogen and oxygen atoms in total. The zero-order valence-electron chi connectivity index (χ0n) is 32.7. The Balaban J connectivity index is 1.02. The minimum Gasteiger partial charge on any atom is -0.456 e. The fraction of sp³-hybridized carbons (Fsp3) is 0. The smallest absolute Gasteiger partial charge is 0.187 e. The van der Waals surface area contributed by atoms with Gasteiger partial charge in [-0.15, -0.1) is 0 Å². The summed E-state index contributed by atoms with van der Waals surface area (Å²) in [7, 11) is 0. The number of nitrogens with zero attached hydrogens (tertiary/aromatic N) is 6. The highest BCUT2D eigenvalue weighted by atomic mass is 16.3. The predicted molar refractivity (Wildman–Crippen MR) is 246 cm³/mol. The van der Waals surface area contributed by atoms with E-state index in [2.05, 4.69) is 99.6 Å². The Bertz CT molecular complexity index is 3670. The van der Waals surface area contributed by atoms with Gasteiger partial charge in [-0.25, -0.2) is 4.85 Å². The molecule has 0 aliphatic rings. The van der Waals surface area contributed by atoms with Crippen molar-refractivity contribution in [3.8, 4) is 18.2 Å². The average Bonchev–Trinajstić information content (AvgIpc) is 3.88. The molecular weight excluding hydrogens is 765 g/mol. The number of anilines is 6. The standard InChI is InChI=1S/C54H28N6O2/c1-58-40-10-20-44(21-11-40)60(43-16-6-35(32-57)7-17-43)46-18-8-36-26-48-47-22-23-50-53(54(47)62-51(48)28-38(36)24-46)49-27-37-9-19-45(25-39(37)29-52(49)61-50)59(41-12-2-33(30-55)3-13-41)42-14-4-34(31-56)5-15-42/h2-29H. The van der Waals surface area contributed by atoms with Gasteiger partial charge in [-0.1, -0.05) is 24.3 Å². The summed E-state index contributed by atoms with van der Waals surface area (Å²) in [6.07, 6.45) is 0. The van der Waals surface area contributed by atoms with Crippen LogP contribution in [0.2, 0.25) is 0 Å². The molecule has 0 atom stereocenters. The molecule has 11 aromatic rings. The van der Waals surface area contributed by atoms with E-state index < -0.39 is 0 Å². The normalized spacial score (nSPS) is 11.2. The van der Waals surface area contributed by atoms with Crippen LogP contribution >= 0.6 is 0 Å². The summed E-state index contributed by atoms with van der Waals surface area (Å²) in [5, 5.41) is 36.3. The van der Waals surface area contributed by atoms with E-state index in [1.54, 1.807) is 36.4 Å². The summed E-state index contributed by atoms with van der Waals surface area (Å²) >= 11 is 0. The Morgan fingerprint density at radius 2 is 0.823 bits per heavy atom. The lowest BCUT2D eigenvalue weighted by molar-refractivity contribution is 0.663. The van der Waals surface area contributed by atoms with E-state index in [-0.39, 0.29) is 0 Å². The molecule has 2 aromatic heterocycles. The van der Waals surface area contributed by atoms with E-state index in [1.807, 2.05) is 66.7 Å². The molecule has 0 amide bonds. The lowest BCUT2D eigenvalue weighted by atomic mass is 10.0. The SMILES string of the molecule is [C-]#[N+]c1ccc(N(c2ccc(C#N)cc2)c2ccc3cc4c(cc3c2)oc2c4ccc3oc4cc5cc(N(c6ccc(C#N)cc6)c6ccc(C#N)cc6)ccc5cc4c32)cc1. The molecule has 0 unspecified atom stereocenters. The summed E-state index contributed by atoms with van der Waals surface area (Å²) in [4.78, 5) is 7.79. The fourth-order valence-corrected chi connectivity index (χ4v) is 8.46. The molecule has 0 N–H and O–H groups in total. The van der Waals surface area contributed by atoms with Crippen LogP contribution in [0.5, 0.6) is 0 Å². The monoisotopic (exact) mass is 792 g/mol. The first-order valence-electron chi connectivity index (χ1n) is 19.8. The number of hydrogen-bond acceptors (Lipinski definition) is 7. The van der Waals surface area contributed by atoms with Crippen molar-refractivity contribution in [3.05, 3.63) is 198 Å². The molecule has 0 bridgehead atoms. The molecule has 0 aliphatic carbocycles. The van der Waals surface area contributed by atoms with Gasteiger partial charge in [0.2, 0.25) is 0 Å². The summed E-state index contributed by atoms with van der Waals surface area (Å²) in [5.74, 6) is 0. The van der Waals surface area contributed by atoms with Crippen LogP contribution in [-0.2, 0) is 0 Å². The number of nitriles is 3. The van der Waals surface area contributed by atoms with Gasteiger partial charge < -0.3 is 18.6 Å². The van der Waals surface area contributed by atoms with Gasteiger partial charge in [-0.2, -0.15) is 15.8 Å². The largest absolute Gasteiger partial charge is 0.456 e. The minimum atomic E-state index is 0.560.